The predicted octanol–water partition coefficient (Wildman–Crippen LogP) is 10.1. The molecule has 1 aromatic heterocycles. The lowest BCUT2D eigenvalue weighted by molar-refractivity contribution is 0.415. The number of pyridine rings is 1. The van der Waals surface area contributed by atoms with Crippen molar-refractivity contribution in [2.75, 3.05) is 12.0 Å². The Labute approximate surface area is 239 Å². The minimum atomic E-state index is 0.845. The zero-order valence-electron chi connectivity index (χ0n) is 22.7. The summed E-state index contributed by atoms with van der Waals surface area (Å²) in [5, 5.41) is 1.16. The molecule has 2 heterocycles. The minimum Gasteiger partial charge on any atom is -0.497 e. The molecule has 194 valence electrons. The number of para-hydroxylation sites is 2. The molecule has 0 spiro atoms. The highest BCUT2D eigenvalue weighted by Gasteiger charge is 2.27. The van der Waals surface area contributed by atoms with Gasteiger partial charge in [-0.25, -0.2) is 4.98 Å². The summed E-state index contributed by atoms with van der Waals surface area (Å²) in [5.41, 5.74) is 11.2. The Morgan fingerprint density at radius 3 is 1.93 bits per heavy atom. The highest BCUT2D eigenvalue weighted by atomic mass is 32.2. The number of fused-ring (bicyclic) bond motifs is 3. The second-order valence-corrected chi connectivity index (χ2v) is 11.2. The van der Waals surface area contributed by atoms with Crippen LogP contribution < -0.4 is 9.64 Å². The summed E-state index contributed by atoms with van der Waals surface area (Å²) < 4.78 is 5.46. The lowest BCUT2D eigenvalue weighted by atomic mass is 9.94. The topological polar surface area (TPSA) is 25.4 Å². The predicted molar refractivity (Wildman–Crippen MR) is 167 cm³/mol. The van der Waals surface area contributed by atoms with E-state index in [2.05, 4.69) is 122 Å². The number of benzene rings is 5. The van der Waals surface area contributed by atoms with Gasteiger partial charge in [-0.2, -0.15) is 0 Å². The van der Waals surface area contributed by atoms with Gasteiger partial charge in [-0.1, -0.05) is 84.1 Å². The fraction of sp³-hybridized carbons (Fsp3) is 0.0833. The minimum absolute atomic E-state index is 0.845. The van der Waals surface area contributed by atoms with Crippen molar-refractivity contribution in [3.63, 3.8) is 0 Å². The Morgan fingerprint density at radius 1 is 0.650 bits per heavy atom. The monoisotopic (exact) mass is 536 g/mol. The standard InChI is InChI=1S/C36H28N2OS/c1-23-12-15-26(16-13-23)29-22-28(25-17-19-27(39-3)20-18-25)35-24(2)14-21-32(36(35)37-29)38-30-8-4-6-10-33(30)40-34-11-7-5-9-31(34)38/h4-22H,1-3H3. The lowest BCUT2D eigenvalue weighted by Crippen LogP contribution is -2.15. The van der Waals surface area contributed by atoms with Gasteiger partial charge in [0.2, 0.25) is 0 Å². The summed E-state index contributed by atoms with van der Waals surface area (Å²) >= 11 is 1.82. The number of methoxy groups -OCH3 is 1. The third kappa shape index (κ3) is 4.12. The highest BCUT2D eigenvalue weighted by Crippen LogP contribution is 2.53. The van der Waals surface area contributed by atoms with Crippen LogP contribution in [0.15, 0.2) is 125 Å². The van der Waals surface area contributed by atoms with Crippen molar-refractivity contribution in [2.24, 2.45) is 0 Å². The number of aromatic nitrogens is 1. The molecule has 4 heteroatoms. The van der Waals surface area contributed by atoms with Gasteiger partial charge in [0.05, 0.1) is 35.4 Å². The zero-order chi connectivity index (χ0) is 27.2. The van der Waals surface area contributed by atoms with E-state index in [-0.39, 0.29) is 0 Å². The number of ether oxygens (including phenoxy) is 1. The van der Waals surface area contributed by atoms with E-state index in [1.165, 1.54) is 32.3 Å². The number of anilines is 3. The van der Waals surface area contributed by atoms with Crippen LogP contribution in [0.25, 0.3) is 33.3 Å². The summed E-state index contributed by atoms with van der Waals surface area (Å²) in [5.74, 6) is 0.845. The molecule has 0 N–H and O–H groups in total. The molecule has 0 unspecified atom stereocenters. The molecule has 0 bridgehead atoms. The molecule has 7 rings (SSSR count). The second kappa shape index (κ2) is 9.89. The van der Waals surface area contributed by atoms with Crippen LogP contribution >= 0.6 is 11.8 Å². The van der Waals surface area contributed by atoms with Gasteiger partial charge in [-0.3, -0.25) is 0 Å². The van der Waals surface area contributed by atoms with E-state index in [0.717, 1.165) is 44.7 Å². The average Bonchev–Trinajstić information content (AvgIpc) is 3.00. The van der Waals surface area contributed by atoms with Crippen LogP contribution in [0.2, 0.25) is 0 Å². The second-order valence-electron chi connectivity index (χ2n) is 10.1. The Bertz CT molecular complexity index is 1830. The highest BCUT2D eigenvalue weighted by molar-refractivity contribution is 7.99. The first-order valence-corrected chi connectivity index (χ1v) is 14.2. The van der Waals surface area contributed by atoms with Gasteiger partial charge in [-0.05, 0) is 79.1 Å². The largest absolute Gasteiger partial charge is 0.497 e. The van der Waals surface area contributed by atoms with Crippen molar-refractivity contribution < 1.29 is 4.74 Å². The third-order valence-electron chi connectivity index (χ3n) is 7.57. The molecule has 0 amide bonds. The Hall–Kier alpha value is -4.54. The smallest absolute Gasteiger partial charge is 0.118 e. The van der Waals surface area contributed by atoms with Crippen LogP contribution in [0.5, 0.6) is 5.75 Å². The van der Waals surface area contributed by atoms with Gasteiger partial charge in [0.1, 0.15) is 5.75 Å². The maximum atomic E-state index is 5.46. The average molecular weight is 537 g/mol. The SMILES string of the molecule is COc1ccc(-c2cc(-c3ccc(C)cc3)nc3c(N4c5ccccc5Sc5ccccc54)ccc(C)c23)cc1. The van der Waals surface area contributed by atoms with Gasteiger partial charge in [-0.15, -0.1) is 0 Å². The van der Waals surface area contributed by atoms with Crippen molar-refractivity contribution >= 4 is 39.7 Å². The Balaban J connectivity index is 1.56. The summed E-state index contributed by atoms with van der Waals surface area (Å²) in [6.07, 6.45) is 0. The van der Waals surface area contributed by atoms with Crippen LogP contribution in [0.4, 0.5) is 17.1 Å². The number of aryl methyl sites for hydroxylation is 2. The fourth-order valence-corrected chi connectivity index (χ4v) is 6.57. The molecule has 1 aliphatic heterocycles. The first-order valence-electron chi connectivity index (χ1n) is 13.4. The van der Waals surface area contributed by atoms with E-state index in [9.17, 15) is 0 Å². The molecular formula is C36H28N2OS. The van der Waals surface area contributed by atoms with Crippen molar-refractivity contribution in [3.8, 4) is 28.1 Å². The molecule has 0 saturated carbocycles. The molecule has 0 saturated heterocycles. The molecule has 6 aromatic rings. The van der Waals surface area contributed by atoms with Crippen LogP contribution in [-0.2, 0) is 0 Å². The van der Waals surface area contributed by atoms with Crippen molar-refractivity contribution in [1.82, 2.24) is 4.98 Å². The maximum Gasteiger partial charge on any atom is 0.118 e. The number of hydrogen-bond acceptors (Lipinski definition) is 4. The van der Waals surface area contributed by atoms with Crippen LogP contribution in [-0.4, -0.2) is 12.1 Å². The third-order valence-corrected chi connectivity index (χ3v) is 8.70. The van der Waals surface area contributed by atoms with Gasteiger partial charge in [0.25, 0.3) is 0 Å². The van der Waals surface area contributed by atoms with E-state index >= 15 is 0 Å². The fourth-order valence-electron chi connectivity index (χ4n) is 5.51. The lowest BCUT2D eigenvalue weighted by Gasteiger charge is -2.33. The molecule has 0 radical (unpaired) electrons. The van der Waals surface area contributed by atoms with E-state index < -0.39 is 0 Å². The molecular weight excluding hydrogens is 508 g/mol. The van der Waals surface area contributed by atoms with E-state index in [0.29, 0.717) is 0 Å². The van der Waals surface area contributed by atoms with E-state index in [4.69, 9.17) is 9.72 Å². The zero-order valence-corrected chi connectivity index (χ0v) is 23.5. The molecule has 40 heavy (non-hydrogen) atoms. The number of hydrogen-bond donors (Lipinski definition) is 0. The first kappa shape index (κ1) is 24.5. The normalized spacial score (nSPS) is 12.2. The van der Waals surface area contributed by atoms with Crippen molar-refractivity contribution in [2.45, 2.75) is 23.6 Å². The first-order chi connectivity index (χ1) is 19.6. The van der Waals surface area contributed by atoms with E-state index in [1.54, 1.807) is 7.11 Å². The number of nitrogens with zero attached hydrogens (tertiary/aromatic N) is 2. The molecule has 0 aliphatic carbocycles. The quantitative estimate of drug-likeness (QED) is 0.223. The Kier molecular flexibility index (Phi) is 6.06. The summed E-state index contributed by atoms with van der Waals surface area (Å²) in [6, 6.07) is 40.9. The molecule has 0 atom stereocenters. The van der Waals surface area contributed by atoms with Crippen molar-refractivity contribution in [1.29, 1.82) is 0 Å². The van der Waals surface area contributed by atoms with Crippen LogP contribution in [0, 0.1) is 13.8 Å². The summed E-state index contributed by atoms with van der Waals surface area (Å²) in [7, 11) is 1.70. The molecule has 0 fully saturated rings. The molecule has 5 aromatic carbocycles. The summed E-state index contributed by atoms with van der Waals surface area (Å²) in [6.45, 7) is 4.30. The Morgan fingerprint density at radius 2 is 1.27 bits per heavy atom. The van der Waals surface area contributed by atoms with E-state index in [1.807, 2.05) is 23.9 Å². The van der Waals surface area contributed by atoms with Gasteiger partial charge in [0.15, 0.2) is 0 Å². The van der Waals surface area contributed by atoms with Crippen LogP contribution in [0.3, 0.4) is 0 Å². The van der Waals surface area contributed by atoms with Gasteiger partial charge >= 0.3 is 0 Å². The number of rotatable bonds is 4. The molecule has 1 aliphatic rings. The molecule has 3 nitrogen and oxygen atoms in total. The van der Waals surface area contributed by atoms with Crippen LogP contribution in [0.1, 0.15) is 11.1 Å². The maximum absolute atomic E-state index is 5.46. The summed E-state index contributed by atoms with van der Waals surface area (Å²) in [4.78, 5) is 10.3. The van der Waals surface area contributed by atoms with Gasteiger partial charge < -0.3 is 9.64 Å². The van der Waals surface area contributed by atoms with Gasteiger partial charge in [0, 0.05) is 20.7 Å². The van der Waals surface area contributed by atoms with Crippen molar-refractivity contribution in [3.05, 3.63) is 126 Å².